The molecule has 2 aromatic rings. The van der Waals surface area contributed by atoms with Crippen molar-refractivity contribution in [1.29, 1.82) is 0 Å². The van der Waals surface area contributed by atoms with Crippen molar-refractivity contribution in [3.05, 3.63) is 52.2 Å². The van der Waals surface area contributed by atoms with E-state index in [-0.39, 0.29) is 11.9 Å². The number of hydrogen-bond donors (Lipinski definition) is 0. The third kappa shape index (κ3) is 3.62. The molecule has 3 rings (SSSR count). The van der Waals surface area contributed by atoms with Gasteiger partial charge in [0.15, 0.2) is 0 Å². The molecule has 0 bridgehead atoms. The van der Waals surface area contributed by atoms with Crippen molar-refractivity contribution in [3.8, 4) is 0 Å². The van der Waals surface area contributed by atoms with E-state index in [9.17, 15) is 4.39 Å². The van der Waals surface area contributed by atoms with Gasteiger partial charge in [-0.15, -0.1) is 11.3 Å². The number of morpholine rings is 1. The van der Waals surface area contributed by atoms with Crippen LogP contribution in [0.5, 0.6) is 0 Å². The van der Waals surface area contributed by atoms with E-state index in [1.54, 1.807) is 23.5 Å². The molecule has 1 fully saturated rings. The maximum atomic E-state index is 13.2. The number of aromatic nitrogens is 1. The number of benzene rings is 1. The predicted molar refractivity (Wildman–Crippen MR) is 77.2 cm³/mol. The highest BCUT2D eigenvalue weighted by Crippen LogP contribution is 2.15. The molecule has 106 valence electrons. The Kier molecular flexibility index (Phi) is 4.40. The van der Waals surface area contributed by atoms with Crippen molar-refractivity contribution in [2.75, 3.05) is 19.7 Å². The second-order valence-corrected chi connectivity index (χ2v) is 5.97. The van der Waals surface area contributed by atoms with E-state index in [1.165, 1.54) is 6.07 Å². The first-order valence-corrected chi connectivity index (χ1v) is 7.64. The number of nitrogens with zero attached hydrogens (tertiary/aromatic N) is 2. The first-order valence-electron chi connectivity index (χ1n) is 6.76. The number of rotatable bonds is 4. The molecular weight excluding hydrogens is 275 g/mol. The zero-order valence-corrected chi connectivity index (χ0v) is 12.0. The van der Waals surface area contributed by atoms with E-state index in [4.69, 9.17) is 4.74 Å². The van der Waals surface area contributed by atoms with Gasteiger partial charge in [-0.1, -0.05) is 12.1 Å². The lowest BCUT2D eigenvalue weighted by Gasteiger charge is -2.32. The third-order valence-corrected chi connectivity index (χ3v) is 4.18. The van der Waals surface area contributed by atoms with Gasteiger partial charge in [0.2, 0.25) is 0 Å². The Labute approximate surface area is 122 Å². The van der Waals surface area contributed by atoms with E-state index in [2.05, 4.69) is 9.88 Å². The quantitative estimate of drug-likeness (QED) is 0.866. The van der Waals surface area contributed by atoms with Gasteiger partial charge in [0, 0.05) is 24.7 Å². The van der Waals surface area contributed by atoms with Crippen molar-refractivity contribution in [1.82, 2.24) is 9.88 Å². The van der Waals surface area contributed by atoms with Crippen LogP contribution in [0.2, 0.25) is 0 Å². The molecule has 0 spiro atoms. The summed E-state index contributed by atoms with van der Waals surface area (Å²) in [4.78, 5) is 6.67. The molecule has 20 heavy (non-hydrogen) atoms. The monoisotopic (exact) mass is 292 g/mol. The molecule has 1 aliphatic rings. The summed E-state index contributed by atoms with van der Waals surface area (Å²) in [7, 11) is 0. The summed E-state index contributed by atoms with van der Waals surface area (Å²) >= 11 is 1.68. The second kappa shape index (κ2) is 6.43. The highest BCUT2D eigenvalue weighted by atomic mass is 32.1. The molecule has 0 unspecified atom stereocenters. The summed E-state index contributed by atoms with van der Waals surface area (Å²) in [6, 6.07) is 6.76. The van der Waals surface area contributed by atoms with Crippen LogP contribution in [0.1, 0.15) is 10.6 Å². The van der Waals surface area contributed by atoms with Crippen LogP contribution in [-0.2, 0) is 17.7 Å². The third-order valence-electron chi connectivity index (χ3n) is 3.42. The number of hydrogen-bond acceptors (Lipinski definition) is 4. The molecule has 0 amide bonds. The van der Waals surface area contributed by atoms with Crippen LogP contribution in [0, 0.1) is 5.82 Å². The van der Waals surface area contributed by atoms with E-state index < -0.39 is 0 Å². The highest BCUT2D eigenvalue weighted by Gasteiger charge is 2.21. The molecule has 1 atom stereocenters. The Morgan fingerprint density at radius 3 is 3.20 bits per heavy atom. The Hall–Kier alpha value is -1.30. The number of ether oxygens (including phenoxy) is 1. The van der Waals surface area contributed by atoms with E-state index in [0.29, 0.717) is 0 Å². The minimum atomic E-state index is -0.182. The van der Waals surface area contributed by atoms with Gasteiger partial charge in [0.1, 0.15) is 10.8 Å². The van der Waals surface area contributed by atoms with Crippen LogP contribution in [0.3, 0.4) is 0 Å². The Morgan fingerprint density at radius 1 is 1.45 bits per heavy atom. The van der Waals surface area contributed by atoms with Crippen LogP contribution in [0.25, 0.3) is 0 Å². The SMILES string of the molecule is Fc1cccc(C[C@@H]2CN(Cc3nccs3)CCO2)c1. The standard InChI is InChI=1S/C15H17FN2OS/c16-13-3-1-2-12(8-13)9-14-10-18(5-6-19-14)11-15-17-4-7-20-15/h1-4,7-8,14H,5-6,9-11H2/t14-/m1/s1. The zero-order valence-electron chi connectivity index (χ0n) is 11.2. The molecule has 0 saturated carbocycles. The Balaban J connectivity index is 1.57. The lowest BCUT2D eigenvalue weighted by molar-refractivity contribution is -0.0305. The van der Waals surface area contributed by atoms with E-state index >= 15 is 0 Å². The first-order chi connectivity index (χ1) is 9.79. The average Bonchev–Trinajstić information content (AvgIpc) is 2.92. The maximum Gasteiger partial charge on any atom is 0.123 e. The van der Waals surface area contributed by atoms with Gasteiger partial charge in [-0.05, 0) is 24.1 Å². The molecular formula is C15H17FN2OS. The normalized spacial score (nSPS) is 20.1. The summed E-state index contributed by atoms with van der Waals surface area (Å²) in [6.45, 7) is 3.40. The average molecular weight is 292 g/mol. The van der Waals surface area contributed by atoms with Crippen LogP contribution >= 0.6 is 11.3 Å². The van der Waals surface area contributed by atoms with Gasteiger partial charge < -0.3 is 4.74 Å². The van der Waals surface area contributed by atoms with Gasteiger partial charge in [-0.25, -0.2) is 9.37 Å². The topological polar surface area (TPSA) is 25.4 Å². The first kappa shape index (κ1) is 13.7. The minimum absolute atomic E-state index is 0.130. The maximum absolute atomic E-state index is 13.2. The number of thiazole rings is 1. The van der Waals surface area contributed by atoms with Gasteiger partial charge in [0.05, 0.1) is 19.3 Å². The smallest absolute Gasteiger partial charge is 0.123 e. The lowest BCUT2D eigenvalue weighted by Crippen LogP contribution is -2.42. The Morgan fingerprint density at radius 2 is 2.40 bits per heavy atom. The highest BCUT2D eigenvalue weighted by molar-refractivity contribution is 7.09. The molecule has 1 aromatic heterocycles. The fraction of sp³-hybridized carbons (Fsp3) is 0.400. The fourth-order valence-corrected chi connectivity index (χ4v) is 3.15. The molecule has 0 N–H and O–H groups in total. The summed E-state index contributed by atoms with van der Waals surface area (Å²) in [6.07, 6.45) is 2.72. The van der Waals surface area contributed by atoms with Crippen molar-refractivity contribution in [3.63, 3.8) is 0 Å². The fourth-order valence-electron chi connectivity index (χ4n) is 2.50. The second-order valence-electron chi connectivity index (χ2n) is 4.99. The minimum Gasteiger partial charge on any atom is -0.375 e. The molecule has 1 saturated heterocycles. The molecule has 1 aliphatic heterocycles. The zero-order chi connectivity index (χ0) is 13.8. The van der Waals surface area contributed by atoms with Crippen LogP contribution < -0.4 is 0 Å². The molecule has 3 nitrogen and oxygen atoms in total. The van der Waals surface area contributed by atoms with Gasteiger partial charge in [-0.2, -0.15) is 0 Å². The van der Waals surface area contributed by atoms with Crippen molar-refractivity contribution in [2.24, 2.45) is 0 Å². The number of halogens is 1. The van der Waals surface area contributed by atoms with Gasteiger partial charge >= 0.3 is 0 Å². The van der Waals surface area contributed by atoms with Crippen molar-refractivity contribution < 1.29 is 9.13 Å². The largest absolute Gasteiger partial charge is 0.375 e. The van der Waals surface area contributed by atoms with Crippen molar-refractivity contribution in [2.45, 2.75) is 19.1 Å². The Bertz CT molecular complexity index is 547. The predicted octanol–water partition coefficient (Wildman–Crippen LogP) is 2.73. The van der Waals surface area contributed by atoms with Crippen molar-refractivity contribution >= 4 is 11.3 Å². The molecule has 1 aromatic carbocycles. The summed E-state index contributed by atoms with van der Waals surface area (Å²) in [5.74, 6) is -0.182. The van der Waals surface area contributed by atoms with Gasteiger partial charge in [0.25, 0.3) is 0 Å². The van der Waals surface area contributed by atoms with Crippen LogP contribution in [0.4, 0.5) is 4.39 Å². The summed E-state index contributed by atoms with van der Waals surface area (Å²) in [5, 5.41) is 3.14. The van der Waals surface area contributed by atoms with Crippen LogP contribution in [-0.4, -0.2) is 35.7 Å². The molecule has 0 radical (unpaired) electrons. The summed E-state index contributed by atoms with van der Waals surface area (Å²) in [5.41, 5.74) is 0.992. The lowest BCUT2D eigenvalue weighted by atomic mass is 10.1. The van der Waals surface area contributed by atoms with Gasteiger partial charge in [-0.3, -0.25) is 4.90 Å². The molecule has 0 aliphatic carbocycles. The van der Waals surface area contributed by atoms with E-state index in [1.807, 2.05) is 17.6 Å². The van der Waals surface area contributed by atoms with Crippen LogP contribution in [0.15, 0.2) is 35.8 Å². The van der Waals surface area contributed by atoms with E-state index in [0.717, 1.165) is 43.2 Å². The molecule has 2 heterocycles. The molecule has 5 heteroatoms. The summed E-state index contributed by atoms with van der Waals surface area (Å²) < 4.78 is 19.0.